The molecule has 0 unspecified atom stereocenters. The van der Waals surface area contributed by atoms with Gasteiger partial charge in [0.25, 0.3) is 5.91 Å². The summed E-state index contributed by atoms with van der Waals surface area (Å²) in [5, 5.41) is 3.75. The summed E-state index contributed by atoms with van der Waals surface area (Å²) in [4.78, 5) is 12.6. The fourth-order valence-corrected chi connectivity index (χ4v) is 4.50. The maximum absolute atomic E-state index is 12.3. The minimum absolute atomic E-state index is 0.0855. The van der Waals surface area contributed by atoms with Crippen molar-refractivity contribution < 1.29 is 13.2 Å². The lowest BCUT2D eigenvalue weighted by Gasteiger charge is -2.15. The fourth-order valence-electron chi connectivity index (χ4n) is 1.89. The van der Waals surface area contributed by atoms with Crippen LogP contribution in [-0.4, -0.2) is 21.4 Å². The van der Waals surface area contributed by atoms with Gasteiger partial charge in [-0.05, 0) is 43.8 Å². The zero-order valence-electron chi connectivity index (χ0n) is 12.3. The Morgan fingerprint density at radius 3 is 2.52 bits per heavy atom. The molecular weight excluding hydrogens is 379 g/mol. The molecule has 0 bridgehead atoms. The molecule has 124 valence electrons. The number of sulfonamides is 1. The van der Waals surface area contributed by atoms with E-state index in [9.17, 15) is 13.2 Å². The third-order valence-electron chi connectivity index (χ3n) is 3.12. The Kier molecular flexibility index (Phi) is 5.70. The zero-order chi connectivity index (χ0) is 17.2. The highest BCUT2D eigenvalue weighted by Gasteiger charge is 2.19. The molecule has 1 aromatic carbocycles. The number of nitrogens with one attached hydrogen (secondary N) is 2. The molecular formula is C14H14Cl2N2O3S2. The molecule has 1 heterocycles. The van der Waals surface area contributed by atoms with Crippen molar-refractivity contribution in [1.82, 2.24) is 10.0 Å². The summed E-state index contributed by atoms with van der Waals surface area (Å²) in [7, 11) is -2.23. The summed E-state index contributed by atoms with van der Waals surface area (Å²) in [6, 6.07) is 7.55. The van der Waals surface area contributed by atoms with Crippen molar-refractivity contribution in [3.05, 3.63) is 50.8 Å². The van der Waals surface area contributed by atoms with E-state index in [1.807, 2.05) is 0 Å². The zero-order valence-corrected chi connectivity index (χ0v) is 15.4. The van der Waals surface area contributed by atoms with Gasteiger partial charge in [0.05, 0.1) is 10.9 Å². The maximum atomic E-state index is 12.3. The van der Waals surface area contributed by atoms with Crippen LogP contribution in [0.15, 0.2) is 34.5 Å². The lowest BCUT2D eigenvalue weighted by molar-refractivity contribution is 0.0944. The molecule has 1 aromatic heterocycles. The summed E-state index contributed by atoms with van der Waals surface area (Å²) in [6.07, 6.45) is 0. The van der Waals surface area contributed by atoms with Crippen molar-refractivity contribution in [1.29, 1.82) is 0 Å². The molecule has 1 amide bonds. The largest absolute Gasteiger partial charge is 0.345 e. The minimum Gasteiger partial charge on any atom is -0.345 e. The molecule has 0 spiro atoms. The maximum Gasteiger partial charge on any atom is 0.261 e. The van der Waals surface area contributed by atoms with Crippen LogP contribution >= 0.6 is 34.5 Å². The van der Waals surface area contributed by atoms with Gasteiger partial charge in [-0.3, -0.25) is 4.79 Å². The molecule has 0 fully saturated rings. The van der Waals surface area contributed by atoms with Gasteiger partial charge in [-0.15, -0.1) is 11.3 Å². The third-order valence-corrected chi connectivity index (χ3v) is 6.67. The van der Waals surface area contributed by atoms with Crippen LogP contribution in [0.5, 0.6) is 0 Å². The van der Waals surface area contributed by atoms with Crippen LogP contribution in [-0.2, 0) is 10.0 Å². The number of thiophene rings is 1. The monoisotopic (exact) mass is 392 g/mol. The summed E-state index contributed by atoms with van der Waals surface area (Å²) in [6.45, 7) is 1.78. The Morgan fingerprint density at radius 1 is 1.22 bits per heavy atom. The SMILES string of the molecule is CNS(=O)(=O)c1ccc(C(=O)N[C@@H](C)c2ccc(Cl)cc2Cl)s1. The molecule has 0 saturated heterocycles. The van der Waals surface area contributed by atoms with E-state index in [0.29, 0.717) is 14.9 Å². The van der Waals surface area contributed by atoms with E-state index in [1.54, 1.807) is 25.1 Å². The van der Waals surface area contributed by atoms with Gasteiger partial charge in [-0.25, -0.2) is 13.1 Å². The van der Waals surface area contributed by atoms with Gasteiger partial charge in [-0.1, -0.05) is 29.3 Å². The number of carbonyl (C=O) groups is 1. The lowest BCUT2D eigenvalue weighted by Crippen LogP contribution is -2.26. The number of hydrogen-bond donors (Lipinski definition) is 2. The Labute approximate surface area is 148 Å². The van der Waals surface area contributed by atoms with E-state index >= 15 is 0 Å². The predicted molar refractivity (Wildman–Crippen MR) is 92.9 cm³/mol. The average molecular weight is 393 g/mol. The molecule has 0 aliphatic carbocycles. The van der Waals surface area contributed by atoms with Gasteiger partial charge in [0.2, 0.25) is 10.0 Å². The highest BCUT2D eigenvalue weighted by atomic mass is 35.5. The van der Waals surface area contributed by atoms with Gasteiger partial charge < -0.3 is 5.32 Å². The van der Waals surface area contributed by atoms with Crippen molar-refractivity contribution >= 4 is 50.5 Å². The number of halogens is 2. The van der Waals surface area contributed by atoms with Gasteiger partial charge in [0.1, 0.15) is 4.21 Å². The summed E-state index contributed by atoms with van der Waals surface area (Å²) in [5.41, 5.74) is 0.726. The van der Waals surface area contributed by atoms with Crippen molar-refractivity contribution in [3.8, 4) is 0 Å². The third kappa shape index (κ3) is 4.24. The van der Waals surface area contributed by atoms with E-state index in [4.69, 9.17) is 23.2 Å². The van der Waals surface area contributed by atoms with E-state index in [1.165, 1.54) is 19.2 Å². The van der Waals surface area contributed by atoms with Gasteiger partial charge in [-0.2, -0.15) is 0 Å². The quantitative estimate of drug-likeness (QED) is 0.817. The average Bonchev–Trinajstić information content (AvgIpc) is 2.97. The molecule has 1 atom stereocenters. The van der Waals surface area contributed by atoms with Crippen LogP contribution in [0, 0.1) is 0 Å². The Hall–Kier alpha value is -1.12. The molecule has 2 N–H and O–H groups in total. The second kappa shape index (κ2) is 7.19. The normalized spacial score (nSPS) is 12.9. The second-order valence-corrected chi connectivity index (χ2v) is 8.73. The minimum atomic E-state index is -3.55. The molecule has 2 aromatic rings. The van der Waals surface area contributed by atoms with E-state index in [-0.39, 0.29) is 16.2 Å². The lowest BCUT2D eigenvalue weighted by atomic mass is 10.1. The topological polar surface area (TPSA) is 75.3 Å². The van der Waals surface area contributed by atoms with Crippen LogP contribution in [0.4, 0.5) is 0 Å². The van der Waals surface area contributed by atoms with E-state index in [0.717, 1.165) is 16.9 Å². The Bertz CT molecular complexity index is 834. The van der Waals surface area contributed by atoms with Crippen LogP contribution < -0.4 is 10.0 Å². The van der Waals surface area contributed by atoms with Crippen molar-refractivity contribution in [2.45, 2.75) is 17.2 Å². The predicted octanol–water partition coefficient (Wildman–Crippen LogP) is 3.45. The number of amides is 1. The highest BCUT2D eigenvalue weighted by Crippen LogP contribution is 2.27. The molecule has 9 heteroatoms. The molecule has 0 saturated carbocycles. The Morgan fingerprint density at radius 2 is 1.91 bits per heavy atom. The molecule has 0 aliphatic heterocycles. The van der Waals surface area contributed by atoms with Crippen molar-refractivity contribution in [2.75, 3.05) is 7.05 Å². The van der Waals surface area contributed by atoms with Crippen LogP contribution in [0.2, 0.25) is 10.0 Å². The van der Waals surface area contributed by atoms with Crippen molar-refractivity contribution in [3.63, 3.8) is 0 Å². The summed E-state index contributed by atoms with van der Waals surface area (Å²) >= 11 is 12.9. The molecule has 23 heavy (non-hydrogen) atoms. The van der Waals surface area contributed by atoms with Gasteiger partial charge >= 0.3 is 0 Å². The van der Waals surface area contributed by atoms with Gasteiger partial charge in [0, 0.05) is 10.0 Å². The van der Waals surface area contributed by atoms with E-state index < -0.39 is 10.0 Å². The molecule has 2 rings (SSSR count). The first-order valence-corrected chi connectivity index (χ1v) is 9.59. The van der Waals surface area contributed by atoms with Gasteiger partial charge in [0.15, 0.2) is 0 Å². The van der Waals surface area contributed by atoms with Crippen LogP contribution in [0.1, 0.15) is 28.2 Å². The first-order chi connectivity index (χ1) is 10.7. The van der Waals surface area contributed by atoms with E-state index in [2.05, 4.69) is 10.0 Å². The smallest absolute Gasteiger partial charge is 0.261 e. The summed E-state index contributed by atoms with van der Waals surface area (Å²) < 4.78 is 25.7. The molecule has 0 aliphatic rings. The number of benzene rings is 1. The van der Waals surface area contributed by atoms with Crippen LogP contribution in [0.3, 0.4) is 0 Å². The molecule has 0 radical (unpaired) electrons. The van der Waals surface area contributed by atoms with Crippen LogP contribution in [0.25, 0.3) is 0 Å². The number of carbonyl (C=O) groups excluding carboxylic acids is 1. The molecule has 5 nitrogen and oxygen atoms in total. The van der Waals surface area contributed by atoms with Crippen molar-refractivity contribution in [2.24, 2.45) is 0 Å². The number of rotatable bonds is 5. The standard InChI is InChI=1S/C14H14Cl2N2O3S2/c1-8(10-4-3-9(15)7-11(10)16)18-14(19)12-5-6-13(22-12)23(20,21)17-2/h3-8,17H,1-2H3,(H,18,19)/t8-/m0/s1. The first kappa shape index (κ1) is 18.2. The Balaban J connectivity index is 2.16. The fraction of sp³-hybridized carbons (Fsp3) is 0.214. The highest BCUT2D eigenvalue weighted by molar-refractivity contribution is 7.91. The number of hydrogen-bond acceptors (Lipinski definition) is 4. The first-order valence-electron chi connectivity index (χ1n) is 6.54. The second-order valence-electron chi connectivity index (χ2n) is 4.69. The summed E-state index contributed by atoms with van der Waals surface area (Å²) in [5.74, 6) is -0.369.